The number of carbonyl (C=O) groups excluding carboxylic acids is 2. The zero-order valence-electron chi connectivity index (χ0n) is 23.1. The van der Waals surface area contributed by atoms with Crippen LogP contribution in [0.2, 0.25) is 0 Å². The molecule has 1 aliphatic carbocycles. The smallest absolute Gasteiger partial charge is 0.366 e. The molecule has 2 heterocycles. The first-order valence-electron chi connectivity index (χ1n) is 13.8. The number of carbonyl (C=O) groups is 2. The summed E-state index contributed by atoms with van der Waals surface area (Å²) in [5.41, 5.74) is 0.0124. The standard InChI is InChI=1S/C28H38F3N7O2/c1-17(2)34-26(40)21-5-4-6-23(21)36-24-22(28(29,30)31)16-33-27(37-24)35-20-9-7-19(8-10-20)25(39)32-15-18-11-13-38(3)14-12-18/h7-10,16-18,21,23H,4-6,11-15H2,1-3H3,(H,32,39)(H,34,40)(H2,33,35,36,37)/t21-,23+/m0/s1. The van der Waals surface area contributed by atoms with Crippen LogP contribution in [0.25, 0.3) is 0 Å². The maximum atomic E-state index is 13.8. The SMILES string of the molecule is CC(C)NC(=O)[C@H]1CCC[C@H]1Nc1nc(Nc2ccc(C(=O)NCC3CCN(C)CC3)cc2)ncc1C(F)(F)F. The first-order chi connectivity index (χ1) is 19.0. The van der Waals surface area contributed by atoms with Crippen LogP contribution < -0.4 is 21.3 Å². The maximum absolute atomic E-state index is 13.8. The predicted molar refractivity (Wildman–Crippen MR) is 147 cm³/mol. The highest BCUT2D eigenvalue weighted by Crippen LogP contribution is 2.36. The molecule has 2 aromatic rings. The second-order valence-electron chi connectivity index (χ2n) is 11.1. The molecule has 1 aliphatic heterocycles. The lowest BCUT2D eigenvalue weighted by atomic mass is 9.97. The van der Waals surface area contributed by atoms with Crippen LogP contribution in [0.3, 0.4) is 0 Å². The lowest BCUT2D eigenvalue weighted by Gasteiger charge is -2.28. The zero-order chi connectivity index (χ0) is 28.9. The molecule has 12 heteroatoms. The number of halogens is 3. The number of alkyl halides is 3. The molecule has 0 unspecified atom stereocenters. The molecular weight excluding hydrogens is 523 g/mol. The lowest BCUT2D eigenvalue weighted by molar-refractivity contribution is -0.137. The van der Waals surface area contributed by atoms with E-state index in [1.54, 1.807) is 24.3 Å². The summed E-state index contributed by atoms with van der Waals surface area (Å²) in [5.74, 6) is -0.741. The van der Waals surface area contributed by atoms with E-state index in [4.69, 9.17) is 0 Å². The molecule has 1 aromatic carbocycles. The first kappa shape index (κ1) is 29.6. The van der Waals surface area contributed by atoms with E-state index in [1.165, 1.54) is 0 Å². The molecule has 2 amide bonds. The van der Waals surface area contributed by atoms with E-state index in [1.807, 2.05) is 13.8 Å². The molecule has 1 saturated heterocycles. The summed E-state index contributed by atoms with van der Waals surface area (Å²) in [6, 6.07) is 6.06. The van der Waals surface area contributed by atoms with Gasteiger partial charge in [0.2, 0.25) is 11.9 Å². The molecule has 40 heavy (non-hydrogen) atoms. The van der Waals surface area contributed by atoms with E-state index in [2.05, 4.69) is 43.2 Å². The monoisotopic (exact) mass is 561 g/mol. The number of amides is 2. The van der Waals surface area contributed by atoms with Crippen LogP contribution in [0.4, 0.5) is 30.6 Å². The van der Waals surface area contributed by atoms with Crippen LogP contribution in [0.5, 0.6) is 0 Å². The molecule has 1 saturated carbocycles. The summed E-state index contributed by atoms with van der Waals surface area (Å²) in [4.78, 5) is 35.5. The average molecular weight is 562 g/mol. The van der Waals surface area contributed by atoms with E-state index in [9.17, 15) is 22.8 Å². The van der Waals surface area contributed by atoms with E-state index in [0.717, 1.165) is 38.5 Å². The molecule has 2 fully saturated rings. The Morgan fingerprint density at radius 2 is 1.77 bits per heavy atom. The largest absolute Gasteiger partial charge is 0.421 e. The van der Waals surface area contributed by atoms with Crippen LogP contribution in [0.1, 0.15) is 61.9 Å². The number of nitrogens with one attached hydrogen (secondary N) is 4. The van der Waals surface area contributed by atoms with E-state index < -0.39 is 23.7 Å². The Hall–Kier alpha value is -3.41. The van der Waals surface area contributed by atoms with Crippen molar-refractivity contribution in [1.29, 1.82) is 0 Å². The van der Waals surface area contributed by atoms with E-state index >= 15 is 0 Å². The molecule has 218 valence electrons. The van der Waals surface area contributed by atoms with Gasteiger partial charge < -0.3 is 26.2 Å². The molecule has 4 N–H and O–H groups in total. The van der Waals surface area contributed by atoms with Gasteiger partial charge in [-0.05, 0) is 89.9 Å². The van der Waals surface area contributed by atoms with Gasteiger partial charge in [-0.1, -0.05) is 6.42 Å². The van der Waals surface area contributed by atoms with Gasteiger partial charge >= 0.3 is 6.18 Å². The topological polar surface area (TPSA) is 111 Å². The summed E-state index contributed by atoms with van der Waals surface area (Å²) in [5, 5.41) is 11.6. The number of aromatic nitrogens is 2. The van der Waals surface area contributed by atoms with E-state index in [-0.39, 0.29) is 29.6 Å². The predicted octanol–water partition coefficient (Wildman–Crippen LogP) is 4.42. The number of piperidine rings is 1. The van der Waals surface area contributed by atoms with Gasteiger partial charge in [-0.2, -0.15) is 18.2 Å². The molecule has 2 aliphatic rings. The van der Waals surface area contributed by atoms with Gasteiger partial charge in [-0.25, -0.2) is 4.98 Å². The van der Waals surface area contributed by atoms with Gasteiger partial charge in [0, 0.05) is 36.1 Å². The Bertz CT molecular complexity index is 1170. The van der Waals surface area contributed by atoms with Crippen LogP contribution >= 0.6 is 0 Å². The van der Waals surface area contributed by atoms with Gasteiger partial charge in [0.15, 0.2) is 0 Å². The number of nitrogens with zero attached hydrogens (tertiary/aromatic N) is 3. The van der Waals surface area contributed by atoms with Crippen molar-refractivity contribution in [2.75, 3.05) is 37.3 Å². The highest BCUT2D eigenvalue weighted by atomic mass is 19.4. The third-order valence-electron chi connectivity index (χ3n) is 7.49. The maximum Gasteiger partial charge on any atom is 0.421 e. The van der Waals surface area contributed by atoms with Crippen LogP contribution in [-0.2, 0) is 11.0 Å². The second kappa shape index (κ2) is 12.8. The van der Waals surface area contributed by atoms with Gasteiger partial charge in [0.25, 0.3) is 5.91 Å². The van der Waals surface area contributed by atoms with Crippen molar-refractivity contribution in [3.8, 4) is 0 Å². The minimum absolute atomic E-state index is 0.0313. The Morgan fingerprint density at radius 1 is 1.07 bits per heavy atom. The van der Waals surface area contributed by atoms with Crippen molar-refractivity contribution < 1.29 is 22.8 Å². The van der Waals surface area contributed by atoms with Gasteiger partial charge in [0.05, 0.1) is 5.92 Å². The molecule has 2 atom stereocenters. The van der Waals surface area contributed by atoms with Gasteiger partial charge in [-0.15, -0.1) is 0 Å². The molecule has 9 nitrogen and oxygen atoms in total. The van der Waals surface area contributed by atoms with Crippen molar-refractivity contribution in [3.63, 3.8) is 0 Å². The van der Waals surface area contributed by atoms with Crippen molar-refractivity contribution in [1.82, 2.24) is 25.5 Å². The Morgan fingerprint density at radius 3 is 2.42 bits per heavy atom. The van der Waals surface area contributed by atoms with Gasteiger partial charge in [0.1, 0.15) is 11.4 Å². The summed E-state index contributed by atoms with van der Waals surface area (Å²) < 4.78 is 41.3. The summed E-state index contributed by atoms with van der Waals surface area (Å²) in [7, 11) is 2.09. The normalized spacial score (nSPS) is 20.4. The summed E-state index contributed by atoms with van der Waals surface area (Å²) >= 11 is 0. The van der Waals surface area contributed by atoms with Crippen LogP contribution in [-0.4, -0.2) is 65.4 Å². The minimum atomic E-state index is -4.67. The van der Waals surface area contributed by atoms with Crippen molar-refractivity contribution in [2.45, 2.75) is 64.2 Å². The lowest BCUT2D eigenvalue weighted by Crippen LogP contribution is -2.41. The molecule has 0 spiro atoms. The third-order valence-corrected chi connectivity index (χ3v) is 7.49. The fourth-order valence-corrected chi connectivity index (χ4v) is 5.21. The van der Waals surface area contributed by atoms with E-state index in [0.29, 0.717) is 36.6 Å². The molecular formula is C28H38F3N7O2. The molecule has 1 aromatic heterocycles. The van der Waals surface area contributed by atoms with Crippen molar-refractivity contribution in [3.05, 3.63) is 41.6 Å². The minimum Gasteiger partial charge on any atom is -0.366 e. The third kappa shape index (κ3) is 7.83. The number of benzene rings is 1. The average Bonchev–Trinajstić information content (AvgIpc) is 3.36. The fourth-order valence-electron chi connectivity index (χ4n) is 5.21. The van der Waals surface area contributed by atoms with Gasteiger partial charge in [-0.3, -0.25) is 9.59 Å². The molecule has 4 rings (SSSR count). The molecule has 0 radical (unpaired) electrons. The van der Waals surface area contributed by atoms with Crippen LogP contribution in [0.15, 0.2) is 30.5 Å². The van der Waals surface area contributed by atoms with Crippen LogP contribution in [0, 0.1) is 11.8 Å². The summed E-state index contributed by atoms with van der Waals surface area (Å²) in [6.07, 6.45) is 0.0429. The number of hydrogen-bond donors (Lipinski definition) is 4. The number of rotatable bonds is 9. The fraction of sp³-hybridized carbons (Fsp3) is 0.571. The Labute approximate surface area is 232 Å². The highest BCUT2D eigenvalue weighted by molar-refractivity contribution is 5.94. The Balaban J connectivity index is 1.42. The number of likely N-dealkylation sites (tertiary alicyclic amines) is 1. The molecule has 0 bridgehead atoms. The zero-order valence-corrected chi connectivity index (χ0v) is 23.1. The van der Waals surface area contributed by atoms with Crippen molar-refractivity contribution in [2.24, 2.45) is 11.8 Å². The quantitative estimate of drug-likeness (QED) is 0.359. The number of hydrogen-bond acceptors (Lipinski definition) is 7. The summed E-state index contributed by atoms with van der Waals surface area (Å²) in [6.45, 7) is 6.37. The highest BCUT2D eigenvalue weighted by Gasteiger charge is 2.39. The Kier molecular flexibility index (Phi) is 9.49. The van der Waals surface area contributed by atoms with Crippen molar-refractivity contribution >= 4 is 29.3 Å². The second-order valence-corrected chi connectivity index (χ2v) is 11.1. The first-order valence-corrected chi connectivity index (χ1v) is 13.8. The number of anilines is 3.